The van der Waals surface area contributed by atoms with Gasteiger partial charge < -0.3 is 15.4 Å². The van der Waals surface area contributed by atoms with Gasteiger partial charge in [0.15, 0.2) is 0 Å². The molecule has 1 aliphatic rings. The normalized spacial score (nSPS) is 13.3. The molecule has 0 spiro atoms. The fraction of sp³-hybridized carbons (Fsp3) is 0.250. The molecule has 0 bridgehead atoms. The zero-order chi connectivity index (χ0) is 20.5. The highest BCUT2D eigenvalue weighted by Gasteiger charge is 2.20. The van der Waals surface area contributed by atoms with Crippen LogP contribution in [0.25, 0.3) is 16.9 Å². The van der Waals surface area contributed by atoms with Crippen LogP contribution in [-0.4, -0.2) is 28.2 Å². The molecule has 152 valence electrons. The van der Waals surface area contributed by atoms with E-state index in [4.69, 9.17) is 14.7 Å². The van der Waals surface area contributed by atoms with Crippen LogP contribution >= 0.6 is 0 Å². The number of anilines is 1. The third kappa shape index (κ3) is 3.39. The molecule has 0 unspecified atom stereocenters. The summed E-state index contributed by atoms with van der Waals surface area (Å²) in [7, 11) is 1.69. The molecule has 0 aliphatic carbocycles. The van der Waals surface area contributed by atoms with Gasteiger partial charge in [-0.1, -0.05) is 30.3 Å². The standard InChI is InChI=1S/C24H25N5O/c1-16-12-18-13-19(30-2)8-9-22(18)29(16)24-27-21-10-11-25-15-20(21)23(28-24)26-14-17-6-4-3-5-7-17/h3-9,12-13,25H,10-11,14-15H2,1-2H3,(H,26,27,28). The van der Waals surface area contributed by atoms with Gasteiger partial charge in [0.1, 0.15) is 11.6 Å². The molecule has 0 atom stereocenters. The smallest absolute Gasteiger partial charge is 0.236 e. The average Bonchev–Trinajstić information content (AvgIpc) is 3.12. The molecule has 2 aromatic heterocycles. The molecule has 6 nitrogen and oxygen atoms in total. The van der Waals surface area contributed by atoms with Crippen molar-refractivity contribution >= 4 is 16.7 Å². The molecule has 0 radical (unpaired) electrons. The van der Waals surface area contributed by atoms with Crippen LogP contribution in [0.3, 0.4) is 0 Å². The Balaban J connectivity index is 1.59. The number of hydrogen-bond acceptors (Lipinski definition) is 5. The molecular weight excluding hydrogens is 374 g/mol. The van der Waals surface area contributed by atoms with Gasteiger partial charge in [-0.05, 0) is 36.8 Å². The van der Waals surface area contributed by atoms with Gasteiger partial charge >= 0.3 is 0 Å². The SMILES string of the molecule is COc1ccc2c(c1)cc(C)n2-c1nc2c(c(NCc3ccccc3)n1)CNCC2. The number of fused-ring (bicyclic) bond motifs is 2. The predicted octanol–water partition coefficient (Wildman–Crippen LogP) is 4.00. The van der Waals surface area contributed by atoms with Crippen molar-refractivity contribution in [3.05, 3.63) is 77.1 Å². The van der Waals surface area contributed by atoms with Crippen LogP contribution in [0.15, 0.2) is 54.6 Å². The van der Waals surface area contributed by atoms with E-state index in [1.165, 1.54) is 5.56 Å². The fourth-order valence-corrected chi connectivity index (χ4v) is 4.08. The molecule has 6 heteroatoms. The summed E-state index contributed by atoms with van der Waals surface area (Å²) >= 11 is 0. The summed E-state index contributed by atoms with van der Waals surface area (Å²) in [6.45, 7) is 4.54. The Morgan fingerprint density at radius 1 is 1.10 bits per heavy atom. The maximum absolute atomic E-state index is 5.39. The minimum atomic E-state index is 0.712. The summed E-state index contributed by atoms with van der Waals surface area (Å²) < 4.78 is 7.52. The number of nitrogens with one attached hydrogen (secondary N) is 2. The Morgan fingerprint density at radius 2 is 1.97 bits per heavy atom. The van der Waals surface area contributed by atoms with Crippen LogP contribution in [0, 0.1) is 6.92 Å². The highest BCUT2D eigenvalue weighted by molar-refractivity contribution is 5.84. The van der Waals surface area contributed by atoms with Crippen LogP contribution in [-0.2, 0) is 19.5 Å². The van der Waals surface area contributed by atoms with Crippen molar-refractivity contribution < 1.29 is 4.74 Å². The number of methoxy groups -OCH3 is 1. The lowest BCUT2D eigenvalue weighted by atomic mass is 10.1. The highest BCUT2D eigenvalue weighted by atomic mass is 16.5. The maximum Gasteiger partial charge on any atom is 0.236 e. The second kappa shape index (κ2) is 7.80. The van der Waals surface area contributed by atoms with Crippen LogP contribution in [0.4, 0.5) is 5.82 Å². The number of nitrogens with zero attached hydrogens (tertiary/aromatic N) is 3. The van der Waals surface area contributed by atoms with Crippen molar-refractivity contribution in [2.75, 3.05) is 19.0 Å². The van der Waals surface area contributed by atoms with E-state index in [1.54, 1.807) is 7.11 Å². The highest BCUT2D eigenvalue weighted by Crippen LogP contribution is 2.28. The van der Waals surface area contributed by atoms with Crippen molar-refractivity contribution in [3.63, 3.8) is 0 Å². The molecule has 0 fully saturated rings. The second-order valence-corrected chi connectivity index (χ2v) is 7.61. The van der Waals surface area contributed by atoms with E-state index in [0.717, 1.165) is 65.5 Å². The van der Waals surface area contributed by atoms with E-state index in [0.29, 0.717) is 5.95 Å². The monoisotopic (exact) mass is 399 g/mol. The Labute approximate surface area is 175 Å². The molecule has 0 saturated carbocycles. The number of rotatable bonds is 5. The number of aromatic nitrogens is 3. The first-order chi connectivity index (χ1) is 14.7. The number of ether oxygens (including phenoxy) is 1. The molecule has 4 aromatic rings. The zero-order valence-corrected chi connectivity index (χ0v) is 17.3. The van der Waals surface area contributed by atoms with E-state index in [-0.39, 0.29) is 0 Å². The lowest BCUT2D eigenvalue weighted by molar-refractivity contribution is 0.415. The fourth-order valence-electron chi connectivity index (χ4n) is 4.08. The van der Waals surface area contributed by atoms with Crippen molar-refractivity contribution in [3.8, 4) is 11.7 Å². The first kappa shape index (κ1) is 18.6. The van der Waals surface area contributed by atoms with E-state index in [1.807, 2.05) is 12.1 Å². The Bertz CT molecular complexity index is 1200. The number of hydrogen-bond donors (Lipinski definition) is 2. The van der Waals surface area contributed by atoms with Gasteiger partial charge in [-0.15, -0.1) is 0 Å². The van der Waals surface area contributed by atoms with Crippen LogP contribution < -0.4 is 15.4 Å². The molecule has 2 aromatic carbocycles. The minimum Gasteiger partial charge on any atom is -0.497 e. The summed E-state index contributed by atoms with van der Waals surface area (Å²) in [5, 5.41) is 8.12. The maximum atomic E-state index is 5.39. The van der Waals surface area contributed by atoms with Crippen LogP contribution in [0.1, 0.15) is 22.5 Å². The van der Waals surface area contributed by atoms with Crippen molar-refractivity contribution in [1.29, 1.82) is 0 Å². The first-order valence-electron chi connectivity index (χ1n) is 10.3. The predicted molar refractivity (Wildman–Crippen MR) is 119 cm³/mol. The Kier molecular flexibility index (Phi) is 4.85. The lowest BCUT2D eigenvalue weighted by Gasteiger charge is -2.21. The van der Waals surface area contributed by atoms with E-state index < -0.39 is 0 Å². The van der Waals surface area contributed by atoms with Crippen LogP contribution in [0.2, 0.25) is 0 Å². The van der Waals surface area contributed by atoms with Crippen molar-refractivity contribution in [2.24, 2.45) is 0 Å². The number of benzene rings is 2. The Morgan fingerprint density at radius 3 is 2.80 bits per heavy atom. The molecule has 5 rings (SSSR count). The van der Waals surface area contributed by atoms with Gasteiger partial charge in [0.05, 0.1) is 18.3 Å². The molecule has 2 N–H and O–H groups in total. The molecular formula is C24H25N5O. The summed E-state index contributed by atoms with van der Waals surface area (Å²) in [5.74, 6) is 2.46. The zero-order valence-electron chi connectivity index (χ0n) is 17.3. The van der Waals surface area contributed by atoms with Crippen LogP contribution in [0.5, 0.6) is 5.75 Å². The molecule has 0 amide bonds. The van der Waals surface area contributed by atoms with Gasteiger partial charge in [-0.2, -0.15) is 4.98 Å². The van der Waals surface area contributed by atoms with Gasteiger partial charge in [0, 0.05) is 42.7 Å². The van der Waals surface area contributed by atoms with E-state index >= 15 is 0 Å². The third-order valence-electron chi connectivity index (χ3n) is 5.62. The number of aryl methyl sites for hydroxylation is 1. The van der Waals surface area contributed by atoms with Crippen molar-refractivity contribution in [2.45, 2.75) is 26.4 Å². The molecule has 0 saturated heterocycles. The van der Waals surface area contributed by atoms with Gasteiger partial charge in [-0.25, -0.2) is 4.98 Å². The molecule has 3 heterocycles. The first-order valence-corrected chi connectivity index (χ1v) is 10.3. The molecule has 30 heavy (non-hydrogen) atoms. The minimum absolute atomic E-state index is 0.712. The lowest BCUT2D eigenvalue weighted by Crippen LogP contribution is -2.27. The Hall–Kier alpha value is -3.38. The quantitative estimate of drug-likeness (QED) is 0.531. The summed E-state index contributed by atoms with van der Waals surface area (Å²) in [6.07, 6.45) is 0.900. The van der Waals surface area contributed by atoms with Crippen molar-refractivity contribution in [1.82, 2.24) is 19.9 Å². The largest absolute Gasteiger partial charge is 0.497 e. The second-order valence-electron chi connectivity index (χ2n) is 7.61. The third-order valence-corrected chi connectivity index (χ3v) is 5.62. The van der Waals surface area contributed by atoms with E-state index in [9.17, 15) is 0 Å². The van der Waals surface area contributed by atoms with E-state index in [2.05, 4.69) is 64.6 Å². The van der Waals surface area contributed by atoms with Gasteiger partial charge in [-0.3, -0.25) is 4.57 Å². The average molecular weight is 399 g/mol. The summed E-state index contributed by atoms with van der Waals surface area (Å²) in [6, 6.07) is 18.7. The van der Waals surface area contributed by atoms with Gasteiger partial charge in [0.25, 0.3) is 0 Å². The summed E-state index contributed by atoms with van der Waals surface area (Å²) in [4.78, 5) is 9.93. The topological polar surface area (TPSA) is 64.0 Å². The van der Waals surface area contributed by atoms with Gasteiger partial charge in [0.2, 0.25) is 5.95 Å². The molecule has 1 aliphatic heterocycles. The summed E-state index contributed by atoms with van der Waals surface area (Å²) in [5.41, 5.74) is 5.68.